The third-order valence-corrected chi connectivity index (χ3v) is 4.69. The summed E-state index contributed by atoms with van der Waals surface area (Å²) >= 11 is 0. The number of nitrogens with zero attached hydrogens (tertiary/aromatic N) is 2. The normalized spacial score (nSPS) is 23.4. The van der Waals surface area contributed by atoms with Gasteiger partial charge in [0.15, 0.2) is 0 Å². The maximum absolute atomic E-state index is 12.6. The number of hydrogen-bond acceptors (Lipinski definition) is 3. The predicted molar refractivity (Wildman–Crippen MR) is 88.0 cm³/mol. The summed E-state index contributed by atoms with van der Waals surface area (Å²) in [6.07, 6.45) is 0.569. The molecule has 2 amide bonds. The van der Waals surface area contributed by atoms with Crippen LogP contribution in [0.4, 0.5) is 0 Å². The molecule has 2 heterocycles. The Morgan fingerprint density at radius 3 is 2.54 bits per heavy atom. The van der Waals surface area contributed by atoms with E-state index in [-0.39, 0.29) is 30.8 Å². The fraction of sp³-hybridized carbons (Fsp3) is 0.389. The smallest absolute Gasteiger partial charge is 0.308 e. The molecule has 2 aliphatic rings. The Morgan fingerprint density at radius 1 is 1.25 bits per heavy atom. The van der Waals surface area contributed by atoms with Gasteiger partial charge in [-0.2, -0.15) is 0 Å². The molecule has 1 N–H and O–H groups in total. The van der Waals surface area contributed by atoms with Gasteiger partial charge in [-0.25, -0.2) is 0 Å². The average molecular weight is 328 g/mol. The highest BCUT2D eigenvalue weighted by molar-refractivity contribution is 6.10. The fourth-order valence-electron chi connectivity index (χ4n) is 3.47. The molecular weight excluding hydrogens is 308 g/mol. The standard InChI is InChI=1S/C18H20N2O4/c1-11-7-13(18(23)24)9-19(8-11)16(21)10-20-12(2)14-5-3-4-6-15(14)17(20)22/h3-6,11,13H,2,7-10H2,1H3,(H,23,24). The number of piperidine rings is 1. The van der Waals surface area contributed by atoms with Crippen LogP contribution in [0.1, 0.15) is 29.3 Å². The topological polar surface area (TPSA) is 77.9 Å². The molecule has 0 aliphatic carbocycles. The first-order chi connectivity index (χ1) is 11.4. The van der Waals surface area contributed by atoms with Crippen molar-refractivity contribution in [2.45, 2.75) is 13.3 Å². The minimum absolute atomic E-state index is 0.106. The zero-order chi connectivity index (χ0) is 17.4. The highest BCUT2D eigenvalue weighted by Crippen LogP contribution is 2.31. The van der Waals surface area contributed by atoms with Gasteiger partial charge in [-0.3, -0.25) is 19.3 Å². The molecule has 3 rings (SSSR count). The van der Waals surface area contributed by atoms with Crippen LogP contribution in [0, 0.1) is 11.8 Å². The minimum Gasteiger partial charge on any atom is -0.481 e. The number of hydrogen-bond donors (Lipinski definition) is 1. The van der Waals surface area contributed by atoms with Gasteiger partial charge < -0.3 is 10.0 Å². The van der Waals surface area contributed by atoms with E-state index in [0.29, 0.717) is 24.2 Å². The average Bonchev–Trinajstić information content (AvgIpc) is 2.79. The molecule has 1 aromatic carbocycles. The molecule has 0 radical (unpaired) electrons. The van der Waals surface area contributed by atoms with Gasteiger partial charge in [0.25, 0.3) is 5.91 Å². The third kappa shape index (κ3) is 2.79. The second kappa shape index (κ2) is 6.11. The van der Waals surface area contributed by atoms with Crippen molar-refractivity contribution >= 4 is 23.5 Å². The van der Waals surface area contributed by atoms with Gasteiger partial charge in [0.1, 0.15) is 6.54 Å². The van der Waals surface area contributed by atoms with E-state index in [0.717, 1.165) is 5.56 Å². The summed E-state index contributed by atoms with van der Waals surface area (Å²) in [5, 5.41) is 9.23. The van der Waals surface area contributed by atoms with E-state index in [1.807, 2.05) is 19.1 Å². The van der Waals surface area contributed by atoms with Crippen LogP contribution in [0.3, 0.4) is 0 Å². The lowest BCUT2D eigenvalue weighted by atomic mass is 9.90. The maximum Gasteiger partial charge on any atom is 0.308 e. The van der Waals surface area contributed by atoms with Crippen LogP contribution in [-0.2, 0) is 9.59 Å². The Kier molecular flexibility index (Phi) is 4.13. The lowest BCUT2D eigenvalue weighted by Crippen LogP contribution is -2.48. The summed E-state index contributed by atoms with van der Waals surface area (Å²) in [5.74, 6) is -1.78. The van der Waals surface area contributed by atoms with Gasteiger partial charge >= 0.3 is 5.97 Å². The molecule has 0 aromatic heterocycles. The van der Waals surface area contributed by atoms with Crippen LogP contribution in [0.25, 0.3) is 5.70 Å². The monoisotopic (exact) mass is 328 g/mol. The van der Waals surface area contributed by atoms with Crippen LogP contribution in [0.15, 0.2) is 30.8 Å². The van der Waals surface area contributed by atoms with Crippen molar-refractivity contribution < 1.29 is 19.5 Å². The molecule has 0 saturated carbocycles. The van der Waals surface area contributed by atoms with E-state index in [2.05, 4.69) is 6.58 Å². The predicted octanol–water partition coefficient (Wildman–Crippen LogP) is 1.68. The maximum atomic E-state index is 12.6. The quantitative estimate of drug-likeness (QED) is 0.916. The van der Waals surface area contributed by atoms with Gasteiger partial charge in [-0.1, -0.05) is 31.7 Å². The first-order valence-corrected chi connectivity index (χ1v) is 7.99. The molecule has 1 fully saturated rings. The van der Waals surface area contributed by atoms with Gasteiger partial charge in [-0.05, 0) is 18.4 Å². The van der Waals surface area contributed by atoms with E-state index < -0.39 is 11.9 Å². The molecule has 0 bridgehead atoms. The number of amides is 2. The molecule has 1 saturated heterocycles. The number of carboxylic acid groups (broad SMARTS) is 1. The molecule has 126 valence electrons. The lowest BCUT2D eigenvalue weighted by Gasteiger charge is -2.35. The second-order valence-corrected chi connectivity index (χ2v) is 6.56. The minimum atomic E-state index is -0.881. The van der Waals surface area contributed by atoms with Gasteiger partial charge in [-0.15, -0.1) is 0 Å². The summed E-state index contributed by atoms with van der Waals surface area (Å²) in [4.78, 5) is 39.2. The number of likely N-dealkylation sites (tertiary alicyclic amines) is 1. The Hall–Kier alpha value is -2.63. The van der Waals surface area contributed by atoms with Crippen molar-refractivity contribution in [2.75, 3.05) is 19.6 Å². The first-order valence-electron chi connectivity index (χ1n) is 7.99. The largest absolute Gasteiger partial charge is 0.481 e. The van der Waals surface area contributed by atoms with E-state index in [4.69, 9.17) is 0 Å². The molecule has 2 atom stereocenters. The summed E-state index contributed by atoms with van der Waals surface area (Å²) in [7, 11) is 0. The Bertz CT molecular complexity index is 692. The zero-order valence-electron chi connectivity index (χ0n) is 13.6. The number of fused-ring (bicyclic) bond motifs is 1. The van der Waals surface area contributed by atoms with Gasteiger partial charge in [0, 0.05) is 29.9 Å². The summed E-state index contributed by atoms with van der Waals surface area (Å²) in [5.41, 5.74) is 1.81. The molecule has 1 aromatic rings. The number of carbonyl (C=O) groups is 3. The van der Waals surface area contributed by atoms with Crippen molar-refractivity contribution in [3.05, 3.63) is 42.0 Å². The van der Waals surface area contributed by atoms with Gasteiger partial charge in [0.2, 0.25) is 5.91 Å². The molecule has 24 heavy (non-hydrogen) atoms. The number of rotatable bonds is 3. The van der Waals surface area contributed by atoms with E-state index in [1.165, 1.54) is 4.90 Å². The molecule has 6 heteroatoms. The molecule has 2 aliphatic heterocycles. The number of aliphatic carboxylic acids is 1. The number of carbonyl (C=O) groups excluding carboxylic acids is 2. The molecule has 2 unspecified atom stereocenters. The van der Waals surface area contributed by atoms with Crippen LogP contribution in [-0.4, -0.2) is 52.3 Å². The summed E-state index contributed by atoms with van der Waals surface area (Å²) < 4.78 is 0. The molecule has 6 nitrogen and oxygen atoms in total. The second-order valence-electron chi connectivity index (χ2n) is 6.56. The van der Waals surface area contributed by atoms with Crippen molar-refractivity contribution in [1.82, 2.24) is 9.80 Å². The van der Waals surface area contributed by atoms with Crippen LogP contribution < -0.4 is 0 Å². The van der Waals surface area contributed by atoms with Crippen molar-refractivity contribution in [3.63, 3.8) is 0 Å². The van der Waals surface area contributed by atoms with E-state index in [1.54, 1.807) is 17.0 Å². The third-order valence-electron chi connectivity index (χ3n) is 4.69. The molecular formula is C18H20N2O4. The molecule has 0 spiro atoms. The fourth-order valence-corrected chi connectivity index (χ4v) is 3.47. The van der Waals surface area contributed by atoms with Crippen LogP contribution in [0.5, 0.6) is 0 Å². The van der Waals surface area contributed by atoms with Crippen LogP contribution in [0.2, 0.25) is 0 Å². The van der Waals surface area contributed by atoms with E-state index >= 15 is 0 Å². The summed E-state index contributed by atoms with van der Waals surface area (Å²) in [6, 6.07) is 7.13. The SMILES string of the molecule is C=C1c2ccccc2C(=O)N1CC(=O)N1CC(C)CC(C(=O)O)C1. The number of benzene rings is 1. The van der Waals surface area contributed by atoms with E-state index in [9.17, 15) is 19.5 Å². The highest BCUT2D eigenvalue weighted by atomic mass is 16.4. The van der Waals surface area contributed by atoms with Crippen molar-refractivity contribution in [2.24, 2.45) is 11.8 Å². The first kappa shape index (κ1) is 16.2. The van der Waals surface area contributed by atoms with Crippen molar-refractivity contribution in [3.8, 4) is 0 Å². The Balaban J connectivity index is 1.73. The number of carboxylic acids is 1. The lowest BCUT2D eigenvalue weighted by molar-refractivity contribution is -0.146. The zero-order valence-corrected chi connectivity index (χ0v) is 13.6. The summed E-state index contributed by atoms with van der Waals surface area (Å²) in [6.45, 7) is 6.47. The Labute approximate surface area is 140 Å². The highest BCUT2D eigenvalue weighted by Gasteiger charge is 2.36. The van der Waals surface area contributed by atoms with Crippen molar-refractivity contribution in [1.29, 1.82) is 0 Å². The Morgan fingerprint density at radius 2 is 1.92 bits per heavy atom. The van der Waals surface area contributed by atoms with Crippen LogP contribution >= 0.6 is 0 Å². The van der Waals surface area contributed by atoms with Gasteiger partial charge in [0.05, 0.1) is 5.92 Å².